The van der Waals surface area contributed by atoms with E-state index in [9.17, 15) is 9.59 Å². The smallest absolute Gasteiger partial charge is 0.294 e. The molecule has 2 aliphatic rings. The summed E-state index contributed by atoms with van der Waals surface area (Å²) in [6, 6.07) is 15.0. The summed E-state index contributed by atoms with van der Waals surface area (Å²) in [7, 11) is 0. The van der Waals surface area contributed by atoms with E-state index in [1.165, 1.54) is 4.90 Å². The van der Waals surface area contributed by atoms with Crippen LogP contribution < -0.4 is 15.0 Å². The third-order valence-corrected chi connectivity index (χ3v) is 5.02. The molecule has 2 amide bonds. The number of anilines is 1. The highest BCUT2D eigenvalue weighted by Gasteiger charge is 2.31. The molecular formula is C23H24N2O4. The monoisotopic (exact) mass is 392 g/mol. The number of ether oxygens (including phenoxy) is 2. The molecule has 0 unspecified atom stereocenters. The van der Waals surface area contributed by atoms with Gasteiger partial charge < -0.3 is 14.8 Å². The number of carbonyl (C=O) groups excluding carboxylic acids is 2. The Labute approximate surface area is 170 Å². The first kappa shape index (κ1) is 19.2. The molecular weight excluding hydrogens is 368 g/mol. The van der Waals surface area contributed by atoms with Gasteiger partial charge in [-0.3, -0.25) is 14.5 Å². The lowest BCUT2D eigenvalue weighted by Gasteiger charge is -2.30. The van der Waals surface area contributed by atoms with Crippen LogP contribution in [0.3, 0.4) is 0 Å². The molecule has 0 radical (unpaired) electrons. The number of hydrogen-bond acceptors (Lipinski definition) is 4. The molecule has 1 N–H and O–H groups in total. The zero-order valence-electron chi connectivity index (χ0n) is 16.4. The van der Waals surface area contributed by atoms with Crippen molar-refractivity contribution in [3.8, 4) is 5.75 Å². The third-order valence-electron chi connectivity index (χ3n) is 5.02. The van der Waals surface area contributed by atoms with E-state index in [2.05, 4.69) is 5.32 Å². The molecule has 2 aromatic rings. The topological polar surface area (TPSA) is 67.9 Å². The second kappa shape index (κ2) is 8.49. The summed E-state index contributed by atoms with van der Waals surface area (Å²) in [6.45, 7) is 3.12. The summed E-state index contributed by atoms with van der Waals surface area (Å²) in [4.78, 5) is 27.1. The van der Waals surface area contributed by atoms with Gasteiger partial charge in [0.25, 0.3) is 5.91 Å². The second-order valence-corrected chi connectivity index (χ2v) is 7.32. The normalized spacial score (nSPS) is 19.8. The van der Waals surface area contributed by atoms with E-state index in [4.69, 9.17) is 9.47 Å². The Balaban J connectivity index is 1.54. The van der Waals surface area contributed by atoms with E-state index in [1.54, 1.807) is 18.2 Å². The van der Waals surface area contributed by atoms with Gasteiger partial charge >= 0.3 is 0 Å². The summed E-state index contributed by atoms with van der Waals surface area (Å²) >= 11 is 0. The summed E-state index contributed by atoms with van der Waals surface area (Å²) in [5.41, 5.74) is 2.55. The quantitative estimate of drug-likeness (QED) is 0.794. The fourth-order valence-corrected chi connectivity index (χ4v) is 3.56. The molecule has 6 heteroatoms. The van der Waals surface area contributed by atoms with Gasteiger partial charge in [0.15, 0.2) is 11.5 Å². The largest absolute Gasteiger partial charge is 0.449 e. The molecule has 0 saturated carbocycles. The molecule has 0 bridgehead atoms. The van der Waals surface area contributed by atoms with E-state index >= 15 is 0 Å². The highest BCUT2D eigenvalue weighted by atomic mass is 16.5. The van der Waals surface area contributed by atoms with Crippen LogP contribution in [0.25, 0.3) is 6.08 Å². The predicted molar refractivity (Wildman–Crippen MR) is 111 cm³/mol. The van der Waals surface area contributed by atoms with Crippen molar-refractivity contribution in [1.29, 1.82) is 0 Å². The highest BCUT2D eigenvalue weighted by molar-refractivity contribution is 6.12. The van der Waals surface area contributed by atoms with Crippen molar-refractivity contribution < 1.29 is 19.1 Å². The number of nitrogens with one attached hydrogen (secondary N) is 1. The highest BCUT2D eigenvalue weighted by Crippen LogP contribution is 2.35. The average Bonchev–Trinajstić information content (AvgIpc) is 3.23. The van der Waals surface area contributed by atoms with Crippen LogP contribution in [0.15, 0.2) is 54.3 Å². The molecule has 2 aromatic carbocycles. The molecule has 1 atom stereocenters. The zero-order chi connectivity index (χ0) is 20.2. The van der Waals surface area contributed by atoms with Crippen molar-refractivity contribution in [2.24, 2.45) is 0 Å². The van der Waals surface area contributed by atoms with Gasteiger partial charge in [-0.05, 0) is 43.5 Å². The van der Waals surface area contributed by atoms with Gasteiger partial charge in [-0.15, -0.1) is 0 Å². The van der Waals surface area contributed by atoms with Crippen LogP contribution in [-0.4, -0.2) is 37.6 Å². The number of carbonyl (C=O) groups is 2. The first-order valence-electron chi connectivity index (χ1n) is 9.85. The molecule has 2 heterocycles. The molecule has 0 spiro atoms. The van der Waals surface area contributed by atoms with E-state index in [0.717, 1.165) is 30.6 Å². The molecule has 6 nitrogen and oxygen atoms in total. The first-order chi connectivity index (χ1) is 14.1. The predicted octanol–water partition coefficient (Wildman–Crippen LogP) is 3.06. The number of aryl methyl sites for hydroxylation is 1. The minimum atomic E-state index is -0.336. The van der Waals surface area contributed by atoms with Crippen molar-refractivity contribution >= 4 is 23.6 Å². The number of amides is 2. The maximum Gasteiger partial charge on any atom is 0.294 e. The first-order valence-corrected chi connectivity index (χ1v) is 9.85. The van der Waals surface area contributed by atoms with Crippen LogP contribution in [0.5, 0.6) is 5.75 Å². The Morgan fingerprint density at radius 1 is 1.24 bits per heavy atom. The van der Waals surface area contributed by atoms with Gasteiger partial charge in [-0.1, -0.05) is 42.0 Å². The molecule has 29 heavy (non-hydrogen) atoms. The number of hydrogen-bond donors (Lipinski definition) is 1. The van der Waals surface area contributed by atoms with Gasteiger partial charge in [-0.2, -0.15) is 0 Å². The molecule has 0 aromatic heterocycles. The molecule has 1 saturated heterocycles. The molecule has 2 aliphatic heterocycles. The number of para-hydroxylation sites is 2. The summed E-state index contributed by atoms with van der Waals surface area (Å²) in [5.74, 6) is 0.192. The number of nitrogens with zero attached hydrogens (tertiary/aromatic N) is 1. The van der Waals surface area contributed by atoms with Crippen LogP contribution in [-0.2, 0) is 14.3 Å². The number of fused-ring (bicyclic) bond motifs is 1. The van der Waals surface area contributed by atoms with Gasteiger partial charge in [0, 0.05) is 13.2 Å². The van der Waals surface area contributed by atoms with Crippen molar-refractivity contribution in [2.45, 2.75) is 25.9 Å². The van der Waals surface area contributed by atoms with E-state index in [1.807, 2.05) is 43.3 Å². The lowest BCUT2D eigenvalue weighted by molar-refractivity contribution is -0.123. The Morgan fingerprint density at radius 3 is 2.90 bits per heavy atom. The summed E-state index contributed by atoms with van der Waals surface area (Å²) in [5, 5.41) is 2.88. The zero-order valence-corrected chi connectivity index (χ0v) is 16.4. The third kappa shape index (κ3) is 4.49. The van der Waals surface area contributed by atoms with E-state index in [-0.39, 0.29) is 30.2 Å². The van der Waals surface area contributed by atoms with E-state index < -0.39 is 0 Å². The van der Waals surface area contributed by atoms with Crippen molar-refractivity contribution in [2.75, 3.05) is 24.6 Å². The number of rotatable bonds is 5. The standard InChI is InChI=1S/C23H24N2O4/c1-16-6-4-7-17(12-16)13-21-23(27)25(19-9-2-3-10-20(19)29-21)15-22(26)24-14-18-8-5-11-28-18/h2-4,6-7,9-10,12-13,18H,5,8,11,14-15H2,1H3,(H,24,26)/b21-13+/t18-/m1/s1. The van der Waals surface area contributed by atoms with Crippen molar-refractivity contribution in [3.63, 3.8) is 0 Å². The minimum absolute atomic E-state index is 0.0587. The summed E-state index contributed by atoms with van der Waals surface area (Å²) in [6.07, 6.45) is 3.73. The van der Waals surface area contributed by atoms with Crippen LogP contribution in [0.4, 0.5) is 5.69 Å². The fourth-order valence-electron chi connectivity index (χ4n) is 3.56. The molecule has 1 fully saturated rings. The van der Waals surface area contributed by atoms with Crippen LogP contribution in [0.1, 0.15) is 24.0 Å². The fraction of sp³-hybridized carbons (Fsp3) is 0.304. The second-order valence-electron chi connectivity index (χ2n) is 7.32. The van der Waals surface area contributed by atoms with Gasteiger partial charge in [-0.25, -0.2) is 0 Å². The van der Waals surface area contributed by atoms with Crippen LogP contribution >= 0.6 is 0 Å². The lowest BCUT2D eigenvalue weighted by atomic mass is 10.1. The Hall–Kier alpha value is -3.12. The Bertz CT molecular complexity index is 947. The average molecular weight is 392 g/mol. The van der Waals surface area contributed by atoms with Crippen LogP contribution in [0.2, 0.25) is 0 Å². The number of benzene rings is 2. The molecule has 4 rings (SSSR count). The maximum absolute atomic E-state index is 13.1. The van der Waals surface area contributed by atoms with Gasteiger partial charge in [0.2, 0.25) is 5.91 Å². The molecule has 150 valence electrons. The molecule has 0 aliphatic carbocycles. The van der Waals surface area contributed by atoms with Crippen LogP contribution in [0, 0.1) is 6.92 Å². The Morgan fingerprint density at radius 2 is 2.10 bits per heavy atom. The van der Waals surface area contributed by atoms with Gasteiger partial charge in [0.05, 0.1) is 11.8 Å². The minimum Gasteiger partial charge on any atom is -0.449 e. The van der Waals surface area contributed by atoms with Gasteiger partial charge in [0.1, 0.15) is 6.54 Å². The van der Waals surface area contributed by atoms with Crippen molar-refractivity contribution in [3.05, 3.63) is 65.4 Å². The summed E-state index contributed by atoms with van der Waals surface area (Å²) < 4.78 is 11.4. The Kier molecular flexibility index (Phi) is 5.62. The SMILES string of the molecule is Cc1cccc(/C=C2/Oc3ccccc3N(CC(=O)NC[C@H]3CCCO3)C2=O)c1. The van der Waals surface area contributed by atoms with E-state index in [0.29, 0.717) is 18.0 Å². The van der Waals surface area contributed by atoms with Crippen molar-refractivity contribution in [1.82, 2.24) is 5.32 Å². The maximum atomic E-state index is 13.1. The lowest BCUT2D eigenvalue weighted by Crippen LogP contribution is -2.45.